The molecule has 0 spiro atoms. The zero-order valence-electron chi connectivity index (χ0n) is 9.37. The monoisotopic (exact) mass is 212 g/mol. The molecule has 1 saturated heterocycles. The number of carboxylic acid groups (broad SMARTS) is 1. The van der Waals surface area contributed by atoms with Crippen LogP contribution in [-0.4, -0.2) is 23.3 Å². The molecule has 3 atom stereocenters. The highest BCUT2D eigenvalue weighted by molar-refractivity contribution is 5.78. The molecule has 0 aromatic heterocycles. The summed E-state index contributed by atoms with van der Waals surface area (Å²) in [5.41, 5.74) is -0.839. The first-order valence-electron chi connectivity index (χ1n) is 6.02. The molecule has 0 aromatic rings. The lowest BCUT2D eigenvalue weighted by molar-refractivity contribution is -0.169. The molecule has 2 aliphatic rings. The van der Waals surface area contributed by atoms with E-state index in [1.165, 1.54) is 6.42 Å². The molecule has 2 fully saturated rings. The van der Waals surface area contributed by atoms with Crippen molar-refractivity contribution in [2.24, 2.45) is 11.8 Å². The highest BCUT2D eigenvalue weighted by atomic mass is 16.5. The van der Waals surface area contributed by atoms with Crippen molar-refractivity contribution < 1.29 is 14.6 Å². The van der Waals surface area contributed by atoms with Crippen LogP contribution in [0.15, 0.2) is 0 Å². The fourth-order valence-corrected chi connectivity index (χ4v) is 3.18. The van der Waals surface area contributed by atoms with Gasteiger partial charge in [0.15, 0.2) is 5.60 Å². The summed E-state index contributed by atoms with van der Waals surface area (Å²) in [5.74, 6) is 0.157. The van der Waals surface area contributed by atoms with E-state index in [0.29, 0.717) is 18.9 Å². The van der Waals surface area contributed by atoms with Gasteiger partial charge >= 0.3 is 5.97 Å². The van der Waals surface area contributed by atoms with E-state index in [-0.39, 0.29) is 5.92 Å². The molecule has 1 aliphatic heterocycles. The Bertz CT molecular complexity index is 243. The Labute approximate surface area is 90.8 Å². The zero-order chi connectivity index (χ0) is 10.9. The minimum absolute atomic E-state index is 0.237. The predicted octanol–water partition coefficient (Wildman–Crippen LogP) is 2.45. The summed E-state index contributed by atoms with van der Waals surface area (Å²) >= 11 is 0. The van der Waals surface area contributed by atoms with Gasteiger partial charge in [0.2, 0.25) is 0 Å². The van der Waals surface area contributed by atoms with Gasteiger partial charge in [-0.2, -0.15) is 0 Å². The van der Waals surface area contributed by atoms with Gasteiger partial charge in [-0.1, -0.05) is 19.8 Å². The van der Waals surface area contributed by atoms with Crippen molar-refractivity contribution in [3.63, 3.8) is 0 Å². The molecule has 0 radical (unpaired) electrons. The maximum absolute atomic E-state index is 11.4. The average Bonchev–Trinajstić information content (AvgIpc) is 2.67. The third-order valence-corrected chi connectivity index (χ3v) is 4.01. The van der Waals surface area contributed by atoms with Crippen molar-refractivity contribution >= 4 is 5.97 Å². The number of aliphatic carboxylic acids is 1. The Morgan fingerprint density at radius 2 is 2.20 bits per heavy atom. The second-order valence-electron chi connectivity index (χ2n) is 5.12. The Balaban J connectivity index is 2.13. The molecule has 1 N–H and O–H groups in total. The van der Waals surface area contributed by atoms with Crippen LogP contribution in [0, 0.1) is 11.8 Å². The van der Waals surface area contributed by atoms with Gasteiger partial charge in [0.1, 0.15) is 0 Å². The van der Waals surface area contributed by atoms with Crippen LogP contribution in [0.2, 0.25) is 0 Å². The number of ether oxygens (including phenoxy) is 1. The number of carbonyl (C=O) groups is 1. The Morgan fingerprint density at radius 1 is 1.40 bits per heavy atom. The second kappa shape index (κ2) is 4.12. The van der Waals surface area contributed by atoms with Gasteiger partial charge in [-0.25, -0.2) is 4.79 Å². The molecule has 1 aliphatic carbocycles. The quantitative estimate of drug-likeness (QED) is 0.764. The molecule has 3 unspecified atom stereocenters. The van der Waals surface area contributed by atoms with Gasteiger partial charge in [0.05, 0.1) is 0 Å². The fourth-order valence-electron chi connectivity index (χ4n) is 3.18. The molecule has 15 heavy (non-hydrogen) atoms. The Morgan fingerprint density at radius 3 is 2.73 bits per heavy atom. The summed E-state index contributed by atoms with van der Waals surface area (Å²) in [6.45, 7) is 2.84. The van der Waals surface area contributed by atoms with Crippen molar-refractivity contribution in [2.75, 3.05) is 6.61 Å². The molecule has 3 heteroatoms. The fraction of sp³-hybridized carbons (Fsp3) is 0.917. The van der Waals surface area contributed by atoms with Crippen LogP contribution in [0.3, 0.4) is 0 Å². The smallest absolute Gasteiger partial charge is 0.336 e. The first-order chi connectivity index (χ1) is 7.15. The number of hydrogen-bond donors (Lipinski definition) is 1. The van der Waals surface area contributed by atoms with Crippen LogP contribution in [0.5, 0.6) is 0 Å². The third kappa shape index (κ3) is 1.89. The summed E-state index contributed by atoms with van der Waals surface area (Å²) in [4.78, 5) is 11.4. The summed E-state index contributed by atoms with van der Waals surface area (Å²) < 4.78 is 5.59. The molecule has 86 valence electrons. The average molecular weight is 212 g/mol. The first kappa shape index (κ1) is 10.9. The van der Waals surface area contributed by atoms with Crippen LogP contribution >= 0.6 is 0 Å². The molecule has 1 heterocycles. The van der Waals surface area contributed by atoms with Crippen LogP contribution in [0.25, 0.3) is 0 Å². The minimum Gasteiger partial charge on any atom is -0.479 e. The number of carboxylic acids is 1. The van der Waals surface area contributed by atoms with Gasteiger partial charge in [-0.3, -0.25) is 0 Å². The van der Waals surface area contributed by atoms with E-state index in [1.54, 1.807) is 0 Å². The van der Waals surface area contributed by atoms with Crippen molar-refractivity contribution in [1.29, 1.82) is 0 Å². The topological polar surface area (TPSA) is 46.5 Å². The highest BCUT2D eigenvalue weighted by Crippen LogP contribution is 2.43. The molecular weight excluding hydrogens is 192 g/mol. The maximum Gasteiger partial charge on any atom is 0.336 e. The Hall–Kier alpha value is -0.570. The van der Waals surface area contributed by atoms with Crippen molar-refractivity contribution in [1.82, 2.24) is 0 Å². The van der Waals surface area contributed by atoms with Gasteiger partial charge in [0.25, 0.3) is 0 Å². The van der Waals surface area contributed by atoms with Gasteiger partial charge in [-0.05, 0) is 37.5 Å². The Kier molecular flexibility index (Phi) is 3.01. The van der Waals surface area contributed by atoms with Crippen LogP contribution in [0.1, 0.15) is 45.4 Å². The number of rotatable bonds is 2. The molecule has 3 nitrogen and oxygen atoms in total. The first-order valence-corrected chi connectivity index (χ1v) is 6.02. The van der Waals surface area contributed by atoms with E-state index in [1.807, 2.05) is 0 Å². The maximum atomic E-state index is 11.4. The lowest BCUT2D eigenvalue weighted by Crippen LogP contribution is -2.46. The van der Waals surface area contributed by atoms with Gasteiger partial charge in [-0.15, -0.1) is 0 Å². The summed E-state index contributed by atoms with van der Waals surface area (Å²) in [7, 11) is 0. The summed E-state index contributed by atoms with van der Waals surface area (Å²) in [5, 5.41) is 9.38. The molecule has 1 saturated carbocycles. The van der Waals surface area contributed by atoms with Crippen LogP contribution in [-0.2, 0) is 9.53 Å². The van der Waals surface area contributed by atoms with E-state index in [4.69, 9.17) is 4.74 Å². The molecule has 0 amide bonds. The molecule has 0 bridgehead atoms. The standard InChI is InChI=1S/C12H20O3/c1-9-4-2-5-10(8-9)12(11(13)14)6-3-7-15-12/h9-10H,2-8H2,1H3,(H,13,14). The molecular formula is C12H20O3. The highest BCUT2D eigenvalue weighted by Gasteiger charge is 2.50. The van der Waals surface area contributed by atoms with Crippen LogP contribution in [0.4, 0.5) is 0 Å². The van der Waals surface area contributed by atoms with Crippen molar-refractivity contribution in [2.45, 2.75) is 51.0 Å². The number of hydrogen-bond acceptors (Lipinski definition) is 2. The lowest BCUT2D eigenvalue weighted by Gasteiger charge is -2.37. The largest absolute Gasteiger partial charge is 0.479 e. The lowest BCUT2D eigenvalue weighted by atomic mass is 9.72. The SMILES string of the molecule is CC1CCCC(C2(C(=O)O)CCCO2)C1. The predicted molar refractivity (Wildman–Crippen MR) is 56.7 cm³/mol. The van der Waals surface area contributed by atoms with Crippen LogP contribution < -0.4 is 0 Å². The zero-order valence-corrected chi connectivity index (χ0v) is 9.37. The normalized spacial score (nSPS) is 41.7. The van der Waals surface area contributed by atoms with Gasteiger partial charge < -0.3 is 9.84 Å². The van der Waals surface area contributed by atoms with Crippen molar-refractivity contribution in [3.05, 3.63) is 0 Å². The van der Waals surface area contributed by atoms with E-state index in [0.717, 1.165) is 25.7 Å². The second-order valence-corrected chi connectivity index (χ2v) is 5.12. The minimum atomic E-state index is -0.839. The summed E-state index contributed by atoms with van der Waals surface area (Å²) in [6, 6.07) is 0. The van der Waals surface area contributed by atoms with Gasteiger partial charge in [0, 0.05) is 6.61 Å². The third-order valence-electron chi connectivity index (χ3n) is 4.01. The van der Waals surface area contributed by atoms with E-state index in [2.05, 4.69) is 6.92 Å². The van der Waals surface area contributed by atoms with E-state index < -0.39 is 11.6 Å². The van der Waals surface area contributed by atoms with E-state index in [9.17, 15) is 9.90 Å². The van der Waals surface area contributed by atoms with E-state index >= 15 is 0 Å². The molecule has 2 rings (SSSR count). The summed E-state index contributed by atoms with van der Waals surface area (Å²) in [6.07, 6.45) is 6.05. The van der Waals surface area contributed by atoms with Crippen molar-refractivity contribution in [3.8, 4) is 0 Å². The molecule has 0 aromatic carbocycles.